The van der Waals surface area contributed by atoms with E-state index in [2.05, 4.69) is 20.3 Å². The number of hydrogen-bond acceptors (Lipinski definition) is 6. The van der Waals surface area contributed by atoms with Gasteiger partial charge in [-0.05, 0) is 31.0 Å². The highest BCUT2D eigenvalue weighted by Crippen LogP contribution is 2.25. The largest absolute Gasteiger partial charge is 0.356 e. The van der Waals surface area contributed by atoms with Crippen molar-refractivity contribution in [2.24, 2.45) is 7.05 Å². The number of aryl methyl sites for hydroxylation is 1. The number of nitrogens with one attached hydrogen (secondary N) is 2. The molecular formula is C20H21FN6O2. The Hall–Kier alpha value is -3.49. The number of nitrogens with zero attached hydrogens (tertiary/aromatic N) is 4. The topological polar surface area (TPSA) is 95.9 Å². The second-order valence-corrected chi connectivity index (χ2v) is 7.14. The van der Waals surface area contributed by atoms with Gasteiger partial charge in [0.25, 0.3) is 5.56 Å². The number of anilines is 2. The van der Waals surface area contributed by atoms with E-state index in [1.54, 1.807) is 24.4 Å². The number of hydrogen-bond donors (Lipinski definition) is 2. The van der Waals surface area contributed by atoms with Crippen molar-refractivity contribution in [1.82, 2.24) is 19.5 Å². The molecule has 3 heterocycles. The zero-order valence-corrected chi connectivity index (χ0v) is 16.1. The molecule has 29 heavy (non-hydrogen) atoms. The summed E-state index contributed by atoms with van der Waals surface area (Å²) in [6.45, 7) is 3.09. The highest BCUT2D eigenvalue weighted by atomic mass is 19.1. The number of aromatic amines is 1. The zero-order chi connectivity index (χ0) is 20.5. The Morgan fingerprint density at radius 3 is 2.83 bits per heavy atom. The molecule has 0 amide bonds. The van der Waals surface area contributed by atoms with Crippen molar-refractivity contribution >= 4 is 11.8 Å². The molecule has 1 saturated heterocycles. The first kappa shape index (κ1) is 18.9. The van der Waals surface area contributed by atoms with Crippen molar-refractivity contribution < 1.29 is 4.39 Å². The van der Waals surface area contributed by atoms with Crippen molar-refractivity contribution in [3.63, 3.8) is 0 Å². The highest BCUT2D eigenvalue weighted by Gasteiger charge is 2.25. The van der Waals surface area contributed by atoms with Crippen LogP contribution < -0.4 is 21.5 Å². The van der Waals surface area contributed by atoms with E-state index in [9.17, 15) is 14.0 Å². The fourth-order valence-corrected chi connectivity index (χ4v) is 3.43. The second-order valence-electron chi connectivity index (χ2n) is 7.14. The van der Waals surface area contributed by atoms with E-state index < -0.39 is 5.69 Å². The van der Waals surface area contributed by atoms with E-state index in [0.29, 0.717) is 36.1 Å². The monoisotopic (exact) mass is 396 g/mol. The average Bonchev–Trinajstić information content (AvgIpc) is 3.16. The first-order valence-corrected chi connectivity index (χ1v) is 9.33. The SMILES string of the molecule is Cc1cnc(N[C@@H]2CCN(c3cc(=O)n(C)c(=O)[nH]3)C2)nc1-c1ccccc1F. The average molecular weight is 396 g/mol. The smallest absolute Gasteiger partial charge is 0.329 e. The fourth-order valence-electron chi connectivity index (χ4n) is 3.43. The van der Waals surface area contributed by atoms with Gasteiger partial charge in [-0.1, -0.05) is 12.1 Å². The van der Waals surface area contributed by atoms with Crippen LogP contribution in [0.3, 0.4) is 0 Å². The number of halogens is 1. The number of H-pyrrole nitrogens is 1. The van der Waals surface area contributed by atoms with E-state index in [1.165, 1.54) is 19.2 Å². The Balaban J connectivity index is 1.53. The lowest BCUT2D eigenvalue weighted by Crippen LogP contribution is -2.35. The van der Waals surface area contributed by atoms with Crippen LogP contribution in [0.4, 0.5) is 16.2 Å². The molecule has 0 aliphatic carbocycles. The summed E-state index contributed by atoms with van der Waals surface area (Å²) in [5, 5.41) is 3.28. The standard InChI is InChI=1S/C20H21FN6O2/c1-12-10-22-19(25-18(12)14-5-3-4-6-15(14)21)23-13-7-8-27(11-13)16-9-17(28)26(2)20(29)24-16/h3-6,9-10,13H,7-8,11H2,1-2H3,(H,24,29)(H,22,23,25)/t13-/m1/s1. The van der Waals surface area contributed by atoms with Gasteiger partial charge in [-0.2, -0.15) is 0 Å². The predicted molar refractivity (Wildman–Crippen MR) is 109 cm³/mol. The predicted octanol–water partition coefficient (Wildman–Crippen LogP) is 1.67. The maximum Gasteiger partial charge on any atom is 0.329 e. The van der Waals surface area contributed by atoms with Gasteiger partial charge in [0.05, 0.1) is 5.69 Å². The highest BCUT2D eigenvalue weighted by molar-refractivity contribution is 5.64. The normalized spacial score (nSPS) is 16.2. The molecule has 1 aromatic carbocycles. The van der Waals surface area contributed by atoms with Crippen LogP contribution in [-0.4, -0.2) is 38.7 Å². The molecule has 150 valence electrons. The summed E-state index contributed by atoms with van der Waals surface area (Å²) in [5.41, 5.74) is 0.968. The van der Waals surface area contributed by atoms with Crippen LogP contribution in [0.25, 0.3) is 11.3 Å². The maximum absolute atomic E-state index is 14.2. The Morgan fingerprint density at radius 1 is 1.28 bits per heavy atom. The molecule has 8 nitrogen and oxygen atoms in total. The molecule has 1 atom stereocenters. The molecule has 3 aromatic rings. The molecule has 1 aliphatic heterocycles. The third-order valence-electron chi connectivity index (χ3n) is 5.09. The lowest BCUT2D eigenvalue weighted by Gasteiger charge is -2.18. The van der Waals surface area contributed by atoms with Crippen molar-refractivity contribution in [3.05, 3.63) is 68.7 Å². The molecule has 2 N–H and O–H groups in total. The summed E-state index contributed by atoms with van der Waals surface area (Å²) in [7, 11) is 1.43. The van der Waals surface area contributed by atoms with Gasteiger partial charge in [0.1, 0.15) is 11.6 Å². The van der Waals surface area contributed by atoms with Crippen LogP contribution in [0.2, 0.25) is 0 Å². The third-order valence-corrected chi connectivity index (χ3v) is 5.09. The Bertz CT molecular complexity index is 1140. The van der Waals surface area contributed by atoms with Gasteiger partial charge in [-0.25, -0.2) is 19.2 Å². The minimum Gasteiger partial charge on any atom is -0.356 e. The quantitative estimate of drug-likeness (QED) is 0.697. The molecule has 2 aromatic heterocycles. The van der Waals surface area contributed by atoms with Gasteiger partial charge in [0, 0.05) is 44.0 Å². The Kier molecular flexibility index (Phi) is 4.87. The molecular weight excluding hydrogens is 375 g/mol. The van der Waals surface area contributed by atoms with Crippen LogP contribution in [0.1, 0.15) is 12.0 Å². The van der Waals surface area contributed by atoms with Crippen molar-refractivity contribution in [3.8, 4) is 11.3 Å². The van der Waals surface area contributed by atoms with Crippen LogP contribution >= 0.6 is 0 Å². The number of benzene rings is 1. The molecule has 4 rings (SSSR count). The molecule has 9 heteroatoms. The van der Waals surface area contributed by atoms with Crippen LogP contribution in [0.5, 0.6) is 0 Å². The third kappa shape index (κ3) is 3.75. The minimum atomic E-state index is -0.444. The molecule has 0 bridgehead atoms. The molecule has 0 unspecified atom stereocenters. The zero-order valence-electron chi connectivity index (χ0n) is 16.1. The summed E-state index contributed by atoms with van der Waals surface area (Å²) < 4.78 is 15.2. The van der Waals surface area contributed by atoms with Crippen molar-refractivity contribution in [1.29, 1.82) is 0 Å². The van der Waals surface area contributed by atoms with E-state index in [-0.39, 0.29) is 17.4 Å². The molecule has 1 aliphatic rings. The van der Waals surface area contributed by atoms with Gasteiger partial charge in [0.15, 0.2) is 0 Å². The Labute approximate surface area is 166 Å². The van der Waals surface area contributed by atoms with Gasteiger partial charge < -0.3 is 10.2 Å². The molecule has 0 saturated carbocycles. The van der Waals surface area contributed by atoms with Crippen LogP contribution in [0.15, 0.2) is 46.1 Å². The van der Waals surface area contributed by atoms with E-state index in [4.69, 9.17) is 0 Å². The van der Waals surface area contributed by atoms with Gasteiger partial charge in [-0.15, -0.1) is 0 Å². The lowest BCUT2D eigenvalue weighted by atomic mass is 10.1. The van der Waals surface area contributed by atoms with Gasteiger partial charge in [-0.3, -0.25) is 14.3 Å². The fraction of sp³-hybridized carbons (Fsp3) is 0.300. The second kappa shape index (κ2) is 7.50. The van der Waals surface area contributed by atoms with Crippen LogP contribution in [0, 0.1) is 12.7 Å². The first-order valence-electron chi connectivity index (χ1n) is 9.33. The molecule has 0 spiro atoms. The summed E-state index contributed by atoms with van der Waals surface area (Å²) in [4.78, 5) is 37.2. The summed E-state index contributed by atoms with van der Waals surface area (Å²) in [6.07, 6.45) is 2.45. The van der Waals surface area contributed by atoms with Crippen molar-refractivity contribution in [2.75, 3.05) is 23.3 Å². The minimum absolute atomic E-state index is 0.0266. The van der Waals surface area contributed by atoms with Gasteiger partial charge in [0.2, 0.25) is 5.95 Å². The summed E-state index contributed by atoms with van der Waals surface area (Å²) >= 11 is 0. The first-order chi connectivity index (χ1) is 13.9. The summed E-state index contributed by atoms with van der Waals surface area (Å²) in [6, 6.07) is 7.96. The van der Waals surface area contributed by atoms with E-state index in [0.717, 1.165) is 16.6 Å². The van der Waals surface area contributed by atoms with Gasteiger partial charge >= 0.3 is 5.69 Å². The van der Waals surface area contributed by atoms with Crippen molar-refractivity contribution in [2.45, 2.75) is 19.4 Å². The maximum atomic E-state index is 14.2. The molecule has 1 fully saturated rings. The Morgan fingerprint density at radius 2 is 2.07 bits per heavy atom. The van der Waals surface area contributed by atoms with Crippen LogP contribution in [-0.2, 0) is 7.05 Å². The van der Waals surface area contributed by atoms with E-state index >= 15 is 0 Å². The number of aromatic nitrogens is 4. The summed E-state index contributed by atoms with van der Waals surface area (Å²) in [5.74, 6) is 0.583. The number of rotatable bonds is 4. The van der Waals surface area contributed by atoms with E-state index in [1.807, 2.05) is 11.8 Å². The lowest BCUT2D eigenvalue weighted by molar-refractivity contribution is 0.630. The molecule has 0 radical (unpaired) electrons.